The van der Waals surface area contributed by atoms with Gasteiger partial charge in [0.1, 0.15) is 0 Å². The summed E-state index contributed by atoms with van der Waals surface area (Å²) in [5, 5.41) is 2.56. The van der Waals surface area contributed by atoms with Gasteiger partial charge in [0.15, 0.2) is 16.2 Å². The van der Waals surface area contributed by atoms with Crippen LogP contribution in [0, 0.1) is 0 Å². The zero-order valence-corrected chi connectivity index (χ0v) is 10.1. The summed E-state index contributed by atoms with van der Waals surface area (Å²) in [4.78, 5) is 22.7. The highest BCUT2D eigenvalue weighted by molar-refractivity contribution is 9.10. The second-order valence-corrected chi connectivity index (χ2v) is 3.90. The lowest BCUT2D eigenvalue weighted by atomic mass is 10.1. The molecule has 0 bridgehead atoms. The minimum absolute atomic E-state index is 0.00558. The van der Waals surface area contributed by atoms with E-state index in [4.69, 9.17) is 4.42 Å². The lowest BCUT2D eigenvalue weighted by molar-refractivity contribution is -0.120. The first-order valence-corrected chi connectivity index (χ1v) is 5.42. The number of nitrogens with one attached hydrogen (secondary N) is 1. The zero-order valence-electron chi connectivity index (χ0n) is 8.54. The fourth-order valence-corrected chi connectivity index (χ4v) is 1.40. The van der Waals surface area contributed by atoms with Crippen molar-refractivity contribution in [3.63, 3.8) is 0 Å². The lowest BCUT2D eigenvalue weighted by Gasteiger charge is -2.09. The summed E-state index contributed by atoms with van der Waals surface area (Å²) in [7, 11) is 0. The van der Waals surface area contributed by atoms with Crippen molar-refractivity contribution in [2.24, 2.45) is 0 Å². The van der Waals surface area contributed by atoms with Crippen LogP contribution in [0.25, 0.3) is 0 Å². The summed E-state index contributed by atoms with van der Waals surface area (Å²) >= 11 is 3.10. The van der Waals surface area contributed by atoms with Crippen LogP contribution in [0.5, 0.6) is 0 Å². The molecule has 0 aromatic carbocycles. The van der Waals surface area contributed by atoms with Gasteiger partial charge in [-0.05, 0) is 35.0 Å². The van der Waals surface area contributed by atoms with Crippen LogP contribution >= 0.6 is 15.9 Å². The van der Waals surface area contributed by atoms with E-state index in [1.807, 2.05) is 0 Å². The number of hydrogen-bond acceptors (Lipinski definition) is 3. The molecule has 0 spiro atoms. The highest BCUT2D eigenvalue weighted by Gasteiger charge is 2.16. The molecule has 1 atom stereocenters. The van der Waals surface area contributed by atoms with Crippen molar-refractivity contribution in [1.82, 2.24) is 5.32 Å². The Hall–Kier alpha value is -1.10. The number of amides is 1. The van der Waals surface area contributed by atoms with Gasteiger partial charge < -0.3 is 9.73 Å². The molecule has 0 saturated heterocycles. The molecular formula is C10H12BrNO3. The van der Waals surface area contributed by atoms with Crippen LogP contribution in [0.4, 0.5) is 0 Å². The third-order valence-corrected chi connectivity index (χ3v) is 2.40. The predicted molar refractivity (Wildman–Crippen MR) is 58.6 cm³/mol. The number of Topliss-reactive ketones (excluding diaryl/α,β-unsaturated/α-hetero) is 1. The second-order valence-electron chi connectivity index (χ2n) is 3.12. The topological polar surface area (TPSA) is 59.3 Å². The van der Waals surface area contributed by atoms with Gasteiger partial charge >= 0.3 is 0 Å². The van der Waals surface area contributed by atoms with Crippen LogP contribution in [0.1, 0.15) is 30.8 Å². The van der Waals surface area contributed by atoms with Gasteiger partial charge in [0, 0.05) is 6.42 Å². The SMILES string of the molecule is CCC(=O)C(C)NC(=O)c1ccc(Br)o1. The van der Waals surface area contributed by atoms with Gasteiger partial charge in [-0.15, -0.1) is 0 Å². The van der Waals surface area contributed by atoms with E-state index in [0.29, 0.717) is 11.1 Å². The Labute approximate surface area is 96.2 Å². The Morgan fingerprint density at radius 1 is 1.53 bits per heavy atom. The standard InChI is InChI=1S/C10H12BrNO3/c1-3-7(13)6(2)12-10(14)8-4-5-9(11)15-8/h4-6H,3H2,1-2H3,(H,12,14). The average molecular weight is 274 g/mol. The Morgan fingerprint density at radius 2 is 2.20 bits per heavy atom. The molecule has 1 amide bonds. The van der Waals surface area contributed by atoms with Crippen molar-refractivity contribution >= 4 is 27.6 Å². The molecule has 1 heterocycles. The van der Waals surface area contributed by atoms with Crippen molar-refractivity contribution in [2.75, 3.05) is 0 Å². The maximum atomic E-state index is 11.5. The number of ketones is 1. The summed E-state index contributed by atoms with van der Waals surface area (Å²) in [5.74, 6) is -0.193. The van der Waals surface area contributed by atoms with E-state index in [1.54, 1.807) is 26.0 Å². The fourth-order valence-electron chi connectivity index (χ4n) is 1.09. The molecule has 1 unspecified atom stereocenters. The van der Waals surface area contributed by atoms with Crippen molar-refractivity contribution < 1.29 is 14.0 Å². The molecular weight excluding hydrogens is 262 g/mol. The van der Waals surface area contributed by atoms with E-state index >= 15 is 0 Å². The molecule has 1 aromatic rings. The molecule has 0 fully saturated rings. The summed E-state index contributed by atoms with van der Waals surface area (Å²) in [6.45, 7) is 3.41. The smallest absolute Gasteiger partial charge is 0.287 e. The summed E-state index contributed by atoms with van der Waals surface area (Å²) in [6, 6.07) is 2.69. The molecule has 82 valence electrons. The highest BCUT2D eigenvalue weighted by Crippen LogP contribution is 2.13. The predicted octanol–water partition coefficient (Wildman–Crippen LogP) is 2.14. The van der Waals surface area contributed by atoms with Gasteiger partial charge in [0.2, 0.25) is 0 Å². The Morgan fingerprint density at radius 3 is 2.67 bits per heavy atom. The normalized spacial score (nSPS) is 12.2. The molecule has 4 nitrogen and oxygen atoms in total. The van der Waals surface area contributed by atoms with Crippen LogP contribution in [-0.4, -0.2) is 17.7 Å². The average Bonchev–Trinajstić information content (AvgIpc) is 2.63. The summed E-state index contributed by atoms with van der Waals surface area (Å²) < 4.78 is 5.54. The first-order valence-electron chi connectivity index (χ1n) is 4.63. The van der Waals surface area contributed by atoms with Crippen molar-refractivity contribution in [1.29, 1.82) is 0 Å². The van der Waals surface area contributed by atoms with E-state index in [1.165, 1.54) is 0 Å². The third kappa shape index (κ3) is 3.20. The molecule has 1 N–H and O–H groups in total. The van der Waals surface area contributed by atoms with Crippen molar-refractivity contribution in [3.8, 4) is 0 Å². The van der Waals surface area contributed by atoms with Crippen LogP contribution in [-0.2, 0) is 4.79 Å². The maximum absolute atomic E-state index is 11.5. The molecule has 1 rings (SSSR count). The van der Waals surface area contributed by atoms with Gasteiger partial charge in [-0.1, -0.05) is 6.92 Å². The minimum atomic E-state index is -0.480. The molecule has 0 aliphatic heterocycles. The second kappa shape index (κ2) is 5.11. The highest BCUT2D eigenvalue weighted by atomic mass is 79.9. The number of halogens is 1. The summed E-state index contributed by atoms with van der Waals surface area (Å²) in [6.07, 6.45) is 0.406. The number of rotatable bonds is 4. The summed E-state index contributed by atoms with van der Waals surface area (Å²) in [5.41, 5.74) is 0. The lowest BCUT2D eigenvalue weighted by Crippen LogP contribution is -2.37. The van der Waals surface area contributed by atoms with Crippen LogP contribution < -0.4 is 5.32 Å². The van der Waals surface area contributed by atoms with Gasteiger partial charge in [-0.2, -0.15) is 0 Å². The van der Waals surface area contributed by atoms with E-state index in [9.17, 15) is 9.59 Å². The number of hydrogen-bond donors (Lipinski definition) is 1. The molecule has 0 saturated carbocycles. The monoisotopic (exact) mass is 273 g/mol. The third-order valence-electron chi connectivity index (χ3n) is 1.98. The first-order chi connectivity index (χ1) is 7.04. The van der Waals surface area contributed by atoms with Crippen LogP contribution in [0.2, 0.25) is 0 Å². The molecule has 1 aromatic heterocycles. The first kappa shape index (κ1) is 12.0. The molecule has 0 aliphatic carbocycles. The quantitative estimate of drug-likeness (QED) is 0.915. The maximum Gasteiger partial charge on any atom is 0.287 e. The van der Waals surface area contributed by atoms with Crippen molar-refractivity contribution in [2.45, 2.75) is 26.3 Å². The number of carbonyl (C=O) groups is 2. The van der Waals surface area contributed by atoms with E-state index in [-0.39, 0.29) is 17.5 Å². The Kier molecular flexibility index (Phi) is 4.08. The van der Waals surface area contributed by atoms with Gasteiger partial charge in [-0.3, -0.25) is 9.59 Å². The molecule has 5 heteroatoms. The van der Waals surface area contributed by atoms with Crippen LogP contribution in [0.15, 0.2) is 21.2 Å². The van der Waals surface area contributed by atoms with E-state index in [0.717, 1.165) is 0 Å². The van der Waals surface area contributed by atoms with Gasteiger partial charge in [0.05, 0.1) is 6.04 Å². The van der Waals surface area contributed by atoms with E-state index in [2.05, 4.69) is 21.2 Å². The molecule has 0 aliphatic rings. The Balaban J connectivity index is 2.60. The number of carbonyl (C=O) groups excluding carboxylic acids is 2. The zero-order chi connectivity index (χ0) is 11.4. The minimum Gasteiger partial charge on any atom is -0.444 e. The molecule has 15 heavy (non-hydrogen) atoms. The van der Waals surface area contributed by atoms with E-state index < -0.39 is 6.04 Å². The Bertz CT molecular complexity index is 372. The fraction of sp³-hybridized carbons (Fsp3) is 0.400. The number of furan rings is 1. The largest absolute Gasteiger partial charge is 0.444 e. The van der Waals surface area contributed by atoms with Gasteiger partial charge in [0.25, 0.3) is 5.91 Å². The van der Waals surface area contributed by atoms with Crippen LogP contribution in [0.3, 0.4) is 0 Å². The van der Waals surface area contributed by atoms with Crippen molar-refractivity contribution in [3.05, 3.63) is 22.6 Å². The molecule has 0 radical (unpaired) electrons. The van der Waals surface area contributed by atoms with Gasteiger partial charge in [-0.25, -0.2) is 0 Å².